The first-order valence-corrected chi connectivity index (χ1v) is 4.97. The van der Waals surface area contributed by atoms with Crippen LogP contribution in [0.1, 0.15) is 23.2 Å². The summed E-state index contributed by atoms with van der Waals surface area (Å²) in [6.07, 6.45) is 8.80. The minimum atomic E-state index is 0.638. The molecule has 0 saturated heterocycles. The van der Waals surface area contributed by atoms with E-state index in [1.807, 2.05) is 24.3 Å². The zero-order valence-electron chi connectivity index (χ0n) is 8.35. The molecule has 2 rings (SSSR count). The van der Waals surface area contributed by atoms with Crippen molar-refractivity contribution in [2.75, 3.05) is 0 Å². The molecule has 15 heavy (non-hydrogen) atoms. The molecule has 0 bridgehead atoms. The van der Waals surface area contributed by atoms with Crippen LogP contribution < -0.4 is 4.74 Å². The summed E-state index contributed by atoms with van der Waals surface area (Å²) in [5, 5.41) is 0. The maximum atomic E-state index is 10.6. The Balaban J connectivity index is 2.13. The molecule has 0 aromatic heterocycles. The third-order valence-electron chi connectivity index (χ3n) is 2.22. The number of aldehydes is 1. The fourth-order valence-corrected chi connectivity index (χ4v) is 1.47. The number of carbonyl (C=O) groups is 1. The van der Waals surface area contributed by atoms with Crippen molar-refractivity contribution < 1.29 is 9.53 Å². The summed E-state index contributed by atoms with van der Waals surface area (Å²) >= 11 is 0. The van der Waals surface area contributed by atoms with Crippen molar-refractivity contribution in [3.8, 4) is 5.75 Å². The first-order chi connectivity index (χ1) is 7.38. The highest BCUT2D eigenvalue weighted by atomic mass is 16.5. The Morgan fingerprint density at radius 3 is 3.00 bits per heavy atom. The fraction of sp³-hybridized carbons (Fsp3) is 0.154. The Kier molecular flexibility index (Phi) is 2.98. The van der Waals surface area contributed by atoms with Gasteiger partial charge in [0.15, 0.2) is 0 Å². The van der Waals surface area contributed by atoms with Gasteiger partial charge in [0.05, 0.1) is 0 Å². The summed E-state index contributed by atoms with van der Waals surface area (Å²) in [7, 11) is 0. The molecule has 1 aromatic carbocycles. The molecule has 0 atom stereocenters. The number of hydrogen-bond donors (Lipinski definition) is 0. The summed E-state index contributed by atoms with van der Waals surface area (Å²) in [6, 6.07) is 7.17. The largest absolute Gasteiger partial charge is 0.462 e. The first kappa shape index (κ1) is 9.71. The third kappa shape index (κ3) is 2.56. The van der Waals surface area contributed by atoms with E-state index in [4.69, 9.17) is 4.74 Å². The number of rotatable bonds is 3. The van der Waals surface area contributed by atoms with Crippen molar-refractivity contribution in [2.24, 2.45) is 0 Å². The van der Waals surface area contributed by atoms with E-state index < -0.39 is 0 Å². The van der Waals surface area contributed by atoms with Gasteiger partial charge in [-0.25, -0.2) is 0 Å². The van der Waals surface area contributed by atoms with Crippen LogP contribution in [0.25, 0.3) is 0 Å². The van der Waals surface area contributed by atoms with Gasteiger partial charge < -0.3 is 4.74 Å². The Morgan fingerprint density at radius 1 is 1.33 bits per heavy atom. The SMILES string of the molecule is O=Cc1cccc(OC2=CC=CCC2)c1. The van der Waals surface area contributed by atoms with Crippen molar-refractivity contribution in [2.45, 2.75) is 12.8 Å². The molecule has 0 saturated carbocycles. The summed E-state index contributed by atoms with van der Waals surface area (Å²) in [5.74, 6) is 1.67. The van der Waals surface area contributed by atoms with Crippen LogP contribution in [0.4, 0.5) is 0 Å². The molecule has 0 fully saturated rings. The van der Waals surface area contributed by atoms with E-state index in [0.29, 0.717) is 5.56 Å². The second kappa shape index (κ2) is 4.60. The number of carbonyl (C=O) groups excluding carboxylic acids is 1. The number of ether oxygens (including phenoxy) is 1. The Labute approximate surface area is 88.9 Å². The molecule has 0 aliphatic heterocycles. The first-order valence-electron chi connectivity index (χ1n) is 4.97. The Morgan fingerprint density at radius 2 is 2.27 bits per heavy atom. The monoisotopic (exact) mass is 200 g/mol. The van der Waals surface area contributed by atoms with Gasteiger partial charge in [-0.3, -0.25) is 4.79 Å². The summed E-state index contributed by atoms with van der Waals surface area (Å²) in [6.45, 7) is 0. The van der Waals surface area contributed by atoms with Crippen molar-refractivity contribution in [3.63, 3.8) is 0 Å². The lowest BCUT2D eigenvalue weighted by molar-refractivity contribution is 0.112. The Bertz CT molecular complexity index is 416. The number of allylic oxidation sites excluding steroid dienone is 4. The Hall–Kier alpha value is -1.83. The van der Waals surface area contributed by atoms with Gasteiger partial charge in [0, 0.05) is 12.0 Å². The van der Waals surface area contributed by atoms with Gasteiger partial charge in [-0.2, -0.15) is 0 Å². The van der Waals surface area contributed by atoms with Crippen molar-refractivity contribution in [3.05, 3.63) is 53.8 Å². The van der Waals surface area contributed by atoms with Crippen LogP contribution in [0.15, 0.2) is 48.3 Å². The van der Waals surface area contributed by atoms with Crippen molar-refractivity contribution in [1.82, 2.24) is 0 Å². The minimum Gasteiger partial charge on any atom is -0.462 e. The average molecular weight is 200 g/mol. The maximum absolute atomic E-state index is 10.6. The molecule has 1 aliphatic carbocycles. The smallest absolute Gasteiger partial charge is 0.150 e. The van der Waals surface area contributed by atoms with Gasteiger partial charge in [-0.05, 0) is 24.6 Å². The highest BCUT2D eigenvalue weighted by Crippen LogP contribution is 2.19. The molecule has 0 amide bonds. The summed E-state index contributed by atoms with van der Waals surface area (Å²) < 4.78 is 5.65. The molecule has 0 spiro atoms. The lowest BCUT2D eigenvalue weighted by Gasteiger charge is -2.11. The minimum absolute atomic E-state index is 0.638. The molecule has 0 radical (unpaired) electrons. The van der Waals surface area contributed by atoms with E-state index in [1.165, 1.54) is 0 Å². The van der Waals surface area contributed by atoms with Gasteiger partial charge in [-0.15, -0.1) is 0 Å². The molecule has 1 aromatic rings. The van der Waals surface area contributed by atoms with Crippen LogP contribution in [0.3, 0.4) is 0 Å². The van der Waals surface area contributed by atoms with Gasteiger partial charge in [0.1, 0.15) is 17.8 Å². The second-order valence-corrected chi connectivity index (χ2v) is 3.39. The maximum Gasteiger partial charge on any atom is 0.150 e. The van der Waals surface area contributed by atoms with Gasteiger partial charge in [0.25, 0.3) is 0 Å². The normalized spacial score (nSPS) is 14.5. The van der Waals surface area contributed by atoms with E-state index in [-0.39, 0.29) is 0 Å². The average Bonchev–Trinajstić information content (AvgIpc) is 2.31. The zero-order chi connectivity index (χ0) is 10.5. The second-order valence-electron chi connectivity index (χ2n) is 3.39. The fourth-order valence-electron chi connectivity index (χ4n) is 1.47. The molecule has 2 heteroatoms. The van der Waals surface area contributed by atoms with Crippen molar-refractivity contribution >= 4 is 6.29 Å². The predicted molar refractivity (Wildman–Crippen MR) is 58.9 cm³/mol. The molecule has 0 heterocycles. The summed E-state index contributed by atoms with van der Waals surface area (Å²) in [4.78, 5) is 10.6. The van der Waals surface area contributed by atoms with Crippen LogP contribution in [0.2, 0.25) is 0 Å². The standard InChI is InChI=1S/C13H12O2/c14-10-11-5-4-8-13(9-11)15-12-6-2-1-3-7-12/h1-2,4-6,8-10H,3,7H2. The molecule has 2 nitrogen and oxygen atoms in total. The zero-order valence-corrected chi connectivity index (χ0v) is 8.35. The lowest BCUT2D eigenvalue weighted by Crippen LogP contribution is -1.97. The van der Waals surface area contributed by atoms with E-state index in [9.17, 15) is 4.79 Å². The van der Waals surface area contributed by atoms with Gasteiger partial charge >= 0.3 is 0 Å². The van der Waals surface area contributed by atoms with Crippen LogP contribution >= 0.6 is 0 Å². The molecule has 0 N–H and O–H groups in total. The van der Waals surface area contributed by atoms with Crippen LogP contribution in [-0.4, -0.2) is 6.29 Å². The van der Waals surface area contributed by atoms with Crippen LogP contribution in [0.5, 0.6) is 5.75 Å². The van der Waals surface area contributed by atoms with E-state index >= 15 is 0 Å². The van der Waals surface area contributed by atoms with Gasteiger partial charge in [-0.1, -0.05) is 24.3 Å². The molecule has 1 aliphatic rings. The van der Waals surface area contributed by atoms with Gasteiger partial charge in [0.2, 0.25) is 0 Å². The highest BCUT2D eigenvalue weighted by Gasteiger charge is 2.02. The molecule has 0 unspecified atom stereocenters. The number of hydrogen-bond acceptors (Lipinski definition) is 2. The third-order valence-corrected chi connectivity index (χ3v) is 2.22. The van der Waals surface area contributed by atoms with Crippen LogP contribution in [-0.2, 0) is 0 Å². The lowest BCUT2D eigenvalue weighted by atomic mass is 10.1. The van der Waals surface area contributed by atoms with Crippen LogP contribution in [0, 0.1) is 0 Å². The van der Waals surface area contributed by atoms with E-state index in [2.05, 4.69) is 6.08 Å². The van der Waals surface area contributed by atoms with E-state index in [1.54, 1.807) is 12.1 Å². The quantitative estimate of drug-likeness (QED) is 0.701. The predicted octanol–water partition coefficient (Wildman–Crippen LogP) is 3.11. The topological polar surface area (TPSA) is 26.3 Å². The summed E-state index contributed by atoms with van der Waals surface area (Å²) in [5.41, 5.74) is 0.638. The molecular formula is C13H12O2. The van der Waals surface area contributed by atoms with E-state index in [0.717, 1.165) is 30.6 Å². The van der Waals surface area contributed by atoms with Crippen molar-refractivity contribution in [1.29, 1.82) is 0 Å². The molecule has 76 valence electrons. The molecular weight excluding hydrogens is 188 g/mol. The number of benzene rings is 1. The highest BCUT2D eigenvalue weighted by molar-refractivity contribution is 5.75.